The van der Waals surface area contributed by atoms with E-state index in [1.54, 1.807) is 17.5 Å². The van der Waals surface area contributed by atoms with Crippen LogP contribution in [0.3, 0.4) is 0 Å². The minimum Gasteiger partial charge on any atom is -0.332 e. The van der Waals surface area contributed by atoms with E-state index < -0.39 is 0 Å². The Labute approximate surface area is 154 Å². The predicted molar refractivity (Wildman–Crippen MR) is 105 cm³/mol. The number of aromatic nitrogens is 2. The van der Waals surface area contributed by atoms with Crippen molar-refractivity contribution in [3.63, 3.8) is 0 Å². The Bertz CT molecular complexity index is 1010. The highest BCUT2D eigenvalue weighted by molar-refractivity contribution is 7.21. The summed E-state index contributed by atoms with van der Waals surface area (Å²) in [6.07, 6.45) is 1.70. The number of fused-ring (bicyclic) bond motifs is 1. The van der Waals surface area contributed by atoms with Crippen LogP contribution in [0.1, 0.15) is 5.69 Å². The van der Waals surface area contributed by atoms with Gasteiger partial charge in [0.05, 0.1) is 22.5 Å². The summed E-state index contributed by atoms with van der Waals surface area (Å²) >= 11 is 1.64. The Morgan fingerprint density at radius 3 is 2.73 bits per heavy atom. The molecule has 2 aromatic heterocycles. The van der Waals surface area contributed by atoms with E-state index in [2.05, 4.69) is 26.7 Å². The highest BCUT2D eigenvalue weighted by Crippen LogP contribution is 2.31. The number of rotatable bonds is 4. The minimum absolute atomic E-state index is 0.267. The predicted octanol–water partition coefficient (Wildman–Crippen LogP) is 4.68. The number of nitrogens with one attached hydrogen (secondary N) is 2. The second-order valence-corrected chi connectivity index (χ2v) is 6.73. The molecule has 6 heteroatoms. The van der Waals surface area contributed by atoms with Crippen molar-refractivity contribution in [2.45, 2.75) is 6.54 Å². The maximum Gasteiger partial charge on any atom is 0.319 e. The minimum atomic E-state index is -0.267. The number of pyridine rings is 1. The second kappa shape index (κ2) is 7.33. The SMILES string of the molecule is O=C(NCc1ccccn1)Nc1cccc(-c2nc3ccccc3s2)c1. The molecule has 4 rings (SSSR count). The average Bonchev–Trinajstić information content (AvgIpc) is 3.12. The Morgan fingerprint density at radius 1 is 1.00 bits per heavy atom. The van der Waals surface area contributed by atoms with E-state index >= 15 is 0 Å². The molecule has 0 bridgehead atoms. The summed E-state index contributed by atoms with van der Waals surface area (Å²) in [4.78, 5) is 21.0. The Hall–Kier alpha value is -3.25. The highest BCUT2D eigenvalue weighted by Gasteiger charge is 2.08. The van der Waals surface area contributed by atoms with Gasteiger partial charge in [-0.05, 0) is 36.4 Å². The van der Waals surface area contributed by atoms with Crippen LogP contribution >= 0.6 is 11.3 Å². The molecule has 26 heavy (non-hydrogen) atoms. The Balaban J connectivity index is 1.46. The zero-order valence-electron chi connectivity index (χ0n) is 13.8. The van der Waals surface area contributed by atoms with Gasteiger partial charge in [-0.2, -0.15) is 0 Å². The van der Waals surface area contributed by atoms with Crippen LogP contribution in [0, 0.1) is 0 Å². The first-order valence-electron chi connectivity index (χ1n) is 8.19. The van der Waals surface area contributed by atoms with Crippen molar-refractivity contribution in [3.05, 3.63) is 78.6 Å². The van der Waals surface area contributed by atoms with Gasteiger partial charge in [0.2, 0.25) is 0 Å². The lowest BCUT2D eigenvalue weighted by Gasteiger charge is -2.08. The lowest BCUT2D eigenvalue weighted by molar-refractivity contribution is 0.251. The monoisotopic (exact) mass is 360 g/mol. The van der Waals surface area contributed by atoms with Crippen molar-refractivity contribution in [2.24, 2.45) is 0 Å². The first kappa shape index (κ1) is 16.2. The quantitative estimate of drug-likeness (QED) is 0.555. The standard InChI is InChI=1S/C20H16N4OS/c25-20(22-13-16-7-3-4-11-21-16)23-15-8-5-6-14(12-15)19-24-17-9-1-2-10-18(17)26-19/h1-12H,13H2,(H2,22,23,25). The normalized spacial score (nSPS) is 10.6. The summed E-state index contributed by atoms with van der Waals surface area (Å²) in [7, 11) is 0. The molecule has 2 heterocycles. The van der Waals surface area contributed by atoms with E-state index in [1.807, 2.05) is 60.7 Å². The first-order chi connectivity index (χ1) is 12.8. The van der Waals surface area contributed by atoms with E-state index in [-0.39, 0.29) is 6.03 Å². The molecule has 2 amide bonds. The zero-order valence-corrected chi connectivity index (χ0v) is 14.7. The number of benzene rings is 2. The largest absolute Gasteiger partial charge is 0.332 e. The molecule has 0 saturated carbocycles. The van der Waals surface area contributed by atoms with E-state index in [4.69, 9.17) is 0 Å². The van der Waals surface area contributed by atoms with Crippen molar-refractivity contribution >= 4 is 33.3 Å². The third-order valence-corrected chi connectivity index (χ3v) is 4.90. The summed E-state index contributed by atoms with van der Waals surface area (Å²) in [6.45, 7) is 0.379. The second-order valence-electron chi connectivity index (χ2n) is 5.70. The fourth-order valence-corrected chi connectivity index (χ4v) is 3.54. The van der Waals surface area contributed by atoms with Gasteiger partial charge in [-0.15, -0.1) is 11.3 Å². The fraction of sp³-hybridized carbons (Fsp3) is 0.0500. The van der Waals surface area contributed by atoms with E-state index in [1.165, 1.54) is 0 Å². The lowest BCUT2D eigenvalue weighted by atomic mass is 10.2. The Morgan fingerprint density at radius 2 is 1.88 bits per heavy atom. The molecule has 4 aromatic rings. The van der Waals surface area contributed by atoms with Gasteiger partial charge >= 0.3 is 6.03 Å². The number of hydrogen-bond acceptors (Lipinski definition) is 4. The van der Waals surface area contributed by atoms with Crippen molar-refractivity contribution in [2.75, 3.05) is 5.32 Å². The molecule has 0 aliphatic carbocycles. The van der Waals surface area contributed by atoms with Crippen LogP contribution in [0.25, 0.3) is 20.8 Å². The van der Waals surface area contributed by atoms with Gasteiger partial charge < -0.3 is 10.6 Å². The molecule has 5 nitrogen and oxygen atoms in total. The van der Waals surface area contributed by atoms with Crippen LogP contribution in [0.5, 0.6) is 0 Å². The maximum atomic E-state index is 12.1. The van der Waals surface area contributed by atoms with Gasteiger partial charge in [0.1, 0.15) is 5.01 Å². The number of hydrogen-bond donors (Lipinski definition) is 2. The number of amides is 2. The molecule has 2 N–H and O–H groups in total. The Kier molecular flexibility index (Phi) is 4.57. The summed E-state index contributed by atoms with van der Waals surface area (Å²) in [6, 6.07) is 21.1. The lowest BCUT2D eigenvalue weighted by Crippen LogP contribution is -2.28. The van der Waals surface area contributed by atoms with Crippen molar-refractivity contribution in [1.82, 2.24) is 15.3 Å². The van der Waals surface area contributed by atoms with Crippen LogP contribution in [0.4, 0.5) is 10.5 Å². The molecule has 0 radical (unpaired) electrons. The number of urea groups is 1. The van der Waals surface area contributed by atoms with Crippen LogP contribution in [0.2, 0.25) is 0 Å². The summed E-state index contributed by atoms with van der Waals surface area (Å²) in [5, 5.41) is 6.59. The van der Waals surface area contributed by atoms with Crippen LogP contribution in [-0.4, -0.2) is 16.0 Å². The molecule has 0 aliphatic heterocycles. The molecule has 0 saturated heterocycles. The van der Waals surface area contributed by atoms with Gasteiger partial charge in [-0.3, -0.25) is 4.98 Å². The van der Waals surface area contributed by atoms with Gasteiger partial charge in [0.15, 0.2) is 0 Å². The van der Waals surface area contributed by atoms with E-state index in [0.29, 0.717) is 6.54 Å². The first-order valence-corrected chi connectivity index (χ1v) is 9.00. The number of anilines is 1. The van der Waals surface area contributed by atoms with Crippen molar-refractivity contribution in [1.29, 1.82) is 0 Å². The smallest absolute Gasteiger partial charge is 0.319 e. The molecular weight excluding hydrogens is 344 g/mol. The van der Waals surface area contributed by atoms with Gasteiger partial charge in [-0.1, -0.05) is 30.3 Å². The summed E-state index contributed by atoms with van der Waals surface area (Å²) in [5.74, 6) is 0. The van der Waals surface area contributed by atoms with Crippen LogP contribution < -0.4 is 10.6 Å². The molecule has 0 spiro atoms. The van der Waals surface area contributed by atoms with Gasteiger partial charge in [-0.25, -0.2) is 9.78 Å². The van der Waals surface area contributed by atoms with E-state index in [9.17, 15) is 4.79 Å². The van der Waals surface area contributed by atoms with Crippen molar-refractivity contribution < 1.29 is 4.79 Å². The zero-order chi connectivity index (χ0) is 17.8. The molecule has 0 unspecified atom stereocenters. The molecular formula is C20H16N4OS. The van der Waals surface area contributed by atoms with Gasteiger partial charge in [0.25, 0.3) is 0 Å². The molecule has 128 valence electrons. The number of para-hydroxylation sites is 1. The summed E-state index contributed by atoms with van der Waals surface area (Å²) in [5.41, 5.74) is 3.50. The van der Waals surface area contributed by atoms with Crippen LogP contribution in [0.15, 0.2) is 72.9 Å². The number of nitrogens with zero attached hydrogens (tertiary/aromatic N) is 2. The molecule has 0 atom stereocenters. The maximum absolute atomic E-state index is 12.1. The van der Waals surface area contributed by atoms with Crippen LogP contribution in [-0.2, 0) is 6.54 Å². The van der Waals surface area contributed by atoms with Gasteiger partial charge in [0, 0.05) is 17.4 Å². The molecule has 2 aromatic carbocycles. The average molecular weight is 360 g/mol. The van der Waals surface area contributed by atoms with Crippen molar-refractivity contribution in [3.8, 4) is 10.6 Å². The number of thiazole rings is 1. The number of carbonyl (C=O) groups is 1. The third kappa shape index (κ3) is 3.70. The molecule has 0 aliphatic rings. The molecule has 0 fully saturated rings. The summed E-state index contributed by atoms with van der Waals surface area (Å²) < 4.78 is 1.15. The highest BCUT2D eigenvalue weighted by atomic mass is 32.1. The fourth-order valence-electron chi connectivity index (χ4n) is 2.57. The third-order valence-electron chi connectivity index (χ3n) is 3.82. The topological polar surface area (TPSA) is 66.9 Å². The van der Waals surface area contributed by atoms with E-state index in [0.717, 1.165) is 32.2 Å². The number of carbonyl (C=O) groups excluding carboxylic acids is 1.